The zero-order valence-corrected chi connectivity index (χ0v) is 17.6. The van der Waals surface area contributed by atoms with Crippen LogP contribution in [0.4, 0.5) is 5.69 Å². The zero-order chi connectivity index (χ0) is 18.2. The fraction of sp³-hybridized carbons (Fsp3) is 0.333. The number of benzene rings is 1. The van der Waals surface area contributed by atoms with E-state index in [1.54, 1.807) is 23.1 Å². The standard InChI is InChI=1S/C18H17Br2NO3S/c1-2-3-8-21-13-5-4-11(19)9-12(13)18(24,17(21)23)10-14(22)15-6-7-16(20)25-15/h4-7,9,24H,2-3,8,10H2,1H3. The predicted molar refractivity (Wildman–Crippen MR) is 106 cm³/mol. The number of unbranched alkanes of at least 4 members (excludes halogenated alkanes) is 1. The number of rotatable bonds is 6. The first-order valence-corrected chi connectivity index (χ1v) is 10.4. The van der Waals surface area contributed by atoms with Crippen LogP contribution in [-0.2, 0) is 10.4 Å². The van der Waals surface area contributed by atoms with Gasteiger partial charge < -0.3 is 10.0 Å². The van der Waals surface area contributed by atoms with Gasteiger partial charge in [-0.05, 0) is 52.7 Å². The van der Waals surface area contributed by atoms with Crippen LogP contribution < -0.4 is 4.90 Å². The Balaban J connectivity index is 1.98. The lowest BCUT2D eigenvalue weighted by Crippen LogP contribution is -2.42. The molecule has 1 aliphatic heterocycles. The number of amides is 1. The number of ketones is 1. The van der Waals surface area contributed by atoms with Crippen molar-refractivity contribution in [2.75, 3.05) is 11.4 Å². The van der Waals surface area contributed by atoms with Gasteiger partial charge in [-0.1, -0.05) is 29.3 Å². The van der Waals surface area contributed by atoms with E-state index >= 15 is 0 Å². The smallest absolute Gasteiger partial charge is 0.264 e. The van der Waals surface area contributed by atoms with Crippen LogP contribution in [-0.4, -0.2) is 23.3 Å². The van der Waals surface area contributed by atoms with E-state index in [2.05, 4.69) is 31.9 Å². The van der Waals surface area contributed by atoms with Crippen LogP contribution in [0.1, 0.15) is 41.4 Å². The summed E-state index contributed by atoms with van der Waals surface area (Å²) in [5.74, 6) is -0.659. The quantitative estimate of drug-likeness (QED) is 0.592. The molecule has 0 fully saturated rings. The number of hydrogen-bond acceptors (Lipinski definition) is 4. The van der Waals surface area contributed by atoms with Crippen LogP contribution in [0.15, 0.2) is 38.6 Å². The van der Waals surface area contributed by atoms with Crippen molar-refractivity contribution in [2.24, 2.45) is 0 Å². The van der Waals surface area contributed by atoms with Crippen molar-refractivity contribution >= 4 is 60.6 Å². The Morgan fingerprint density at radius 3 is 2.68 bits per heavy atom. The first-order chi connectivity index (χ1) is 11.9. The molecule has 0 radical (unpaired) electrons. The number of aliphatic hydroxyl groups is 1. The molecule has 7 heteroatoms. The van der Waals surface area contributed by atoms with Gasteiger partial charge in [-0.25, -0.2) is 0 Å². The van der Waals surface area contributed by atoms with Crippen LogP contribution >= 0.6 is 43.2 Å². The number of fused-ring (bicyclic) bond motifs is 1. The van der Waals surface area contributed by atoms with Crippen molar-refractivity contribution in [1.29, 1.82) is 0 Å². The Bertz CT molecular complexity index is 835. The van der Waals surface area contributed by atoms with Crippen LogP contribution in [0, 0.1) is 0 Å². The second kappa shape index (κ2) is 7.31. The molecule has 2 heterocycles. The van der Waals surface area contributed by atoms with Crippen LogP contribution in [0.3, 0.4) is 0 Å². The summed E-state index contributed by atoms with van der Waals surface area (Å²) < 4.78 is 1.61. The van der Waals surface area contributed by atoms with Gasteiger partial charge in [-0.2, -0.15) is 0 Å². The number of halogens is 2. The minimum Gasteiger partial charge on any atom is -0.375 e. The van der Waals surface area contributed by atoms with E-state index in [1.165, 1.54) is 11.3 Å². The Kier molecular flexibility index (Phi) is 5.48. The second-order valence-electron chi connectivity index (χ2n) is 6.04. The number of carbonyl (C=O) groups is 2. The molecule has 1 aromatic carbocycles. The summed E-state index contributed by atoms with van der Waals surface area (Å²) in [5, 5.41) is 11.2. The highest BCUT2D eigenvalue weighted by molar-refractivity contribution is 9.11. The van der Waals surface area contributed by atoms with Crippen molar-refractivity contribution < 1.29 is 14.7 Å². The van der Waals surface area contributed by atoms with Crippen molar-refractivity contribution in [2.45, 2.75) is 31.8 Å². The molecular weight excluding hydrogens is 470 g/mol. The summed E-state index contributed by atoms with van der Waals surface area (Å²) >= 11 is 8.03. The molecular formula is C18H17Br2NO3S. The topological polar surface area (TPSA) is 57.6 Å². The van der Waals surface area contributed by atoms with E-state index in [1.807, 2.05) is 19.1 Å². The van der Waals surface area contributed by atoms with Crippen molar-refractivity contribution in [3.63, 3.8) is 0 Å². The predicted octanol–water partition coefficient (Wildman–Crippen LogP) is 4.88. The molecule has 3 rings (SSSR count). The minimum atomic E-state index is -1.82. The Morgan fingerprint density at radius 1 is 1.28 bits per heavy atom. The van der Waals surface area contributed by atoms with Gasteiger partial charge in [0.1, 0.15) is 0 Å². The van der Waals surface area contributed by atoms with Crippen LogP contribution in [0.25, 0.3) is 0 Å². The molecule has 0 bridgehead atoms. The maximum atomic E-state index is 13.0. The van der Waals surface area contributed by atoms with Crippen LogP contribution in [0.5, 0.6) is 0 Å². The van der Waals surface area contributed by atoms with Gasteiger partial charge in [0.05, 0.1) is 20.8 Å². The van der Waals surface area contributed by atoms with Gasteiger partial charge in [0, 0.05) is 16.6 Å². The average Bonchev–Trinajstić information content (AvgIpc) is 3.09. The van der Waals surface area contributed by atoms with E-state index < -0.39 is 11.5 Å². The van der Waals surface area contributed by atoms with E-state index in [0.717, 1.165) is 21.1 Å². The molecule has 25 heavy (non-hydrogen) atoms. The van der Waals surface area contributed by atoms with Crippen LogP contribution in [0.2, 0.25) is 0 Å². The summed E-state index contributed by atoms with van der Waals surface area (Å²) in [6.07, 6.45) is 1.52. The Morgan fingerprint density at radius 2 is 2.04 bits per heavy atom. The Labute approximate surface area is 167 Å². The normalized spacial score (nSPS) is 19.4. The lowest BCUT2D eigenvalue weighted by atomic mass is 9.89. The van der Waals surface area contributed by atoms with Gasteiger partial charge in [0.15, 0.2) is 11.4 Å². The lowest BCUT2D eigenvalue weighted by Gasteiger charge is -2.22. The maximum Gasteiger partial charge on any atom is 0.264 e. The van der Waals surface area contributed by atoms with E-state index in [0.29, 0.717) is 22.7 Å². The summed E-state index contributed by atoms with van der Waals surface area (Å²) in [7, 11) is 0. The third-order valence-corrected chi connectivity index (χ3v) is 6.45. The fourth-order valence-electron chi connectivity index (χ4n) is 3.02. The minimum absolute atomic E-state index is 0.241. The monoisotopic (exact) mass is 485 g/mol. The lowest BCUT2D eigenvalue weighted by molar-refractivity contribution is -0.135. The highest BCUT2D eigenvalue weighted by Gasteiger charge is 2.50. The molecule has 1 unspecified atom stereocenters. The number of Topliss-reactive ketones (excluding diaryl/α,β-unsaturated/α-hetero) is 1. The third-order valence-electron chi connectivity index (χ3n) is 4.29. The maximum absolute atomic E-state index is 13.0. The number of hydrogen-bond donors (Lipinski definition) is 1. The van der Waals surface area contributed by atoms with Crippen molar-refractivity contribution in [1.82, 2.24) is 0 Å². The molecule has 0 spiro atoms. The summed E-state index contributed by atoms with van der Waals surface area (Å²) in [6, 6.07) is 8.88. The van der Waals surface area contributed by atoms with Gasteiger partial charge in [0.25, 0.3) is 5.91 Å². The third kappa shape index (κ3) is 3.47. The fourth-order valence-corrected chi connectivity index (χ4v) is 4.70. The highest BCUT2D eigenvalue weighted by atomic mass is 79.9. The summed E-state index contributed by atoms with van der Waals surface area (Å²) in [4.78, 5) is 27.7. The van der Waals surface area contributed by atoms with Crippen molar-refractivity contribution in [3.8, 4) is 0 Å². The molecule has 1 atom stereocenters. The molecule has 132 valence electrons. The molecule has 4 nitrogen and oxygen atoms in total. The largest absolute Gasteiger partial charge is 0.375 e. The van der Waals surface area contributed by atoms with Gasteiger partial charge in [-0.3, -0.25) is 9.59 Å². The molecule has 1 aromatic heterocycles. The number of carbonyl (C=O) groups excluding carboxylic acids is 2. The van der Waals surface area contributed by atoms with Gasteiger partial charge in [0.2, 0.25) is 0 Å². The number of anilines is 1. The van der Waals surface area contributed by atoms with E-state index in [-0.39, 0.29) is 12.2 Å². The van der Waals surface area contributed by atoms with E-state index in [4.69, 9.17) is 0 Å². The first kappa shape index (κ1) is 18.8. The molecule has 1 N–H and O–H groups in total. The average molecular weight is 487 g/mol. The Hall–Kier alpha value is -1.02. The first-order valence-electron chi connectivity index (χ1n) is 7.99. The van der Waals surface area contributed by atoms with E-state index in [9.17, 15) is 14.7 Å². The molecule has 1 aliphatic rings. The SMILES string of the molecule is CCCCN1C(=O)C(O)(CC(=O)c2ccc(Br)s2)c2cc(Br)ccc21. The molecule has 1 amide bonds. The van der Waals surface area contributed by atoms with Crippen molar-refractivity contribution in [3.05, 3.63) is 49.0 Å². The summed E-state index contributed by atoms with van der Waals surface area (Å²) in [6.45, 7) is 2.58. The zero-order valence-electron chi connectivity index (χ0n) is 13.6. The molecule has 0 aliphatic carbocycles. The second-order valence-corrected chi connectivity index (χ2v) is 9.41. The number of nitrogens with zero attached hydrogens (tertiary/aromatic N) is 1. The molecule has 0 saturated heterocycles. The molecule has 0 saturated carbocycles. The highest BCUT2D eigenvalue weighted by Crippen LogP contribution is 2.44. The number of thiophene rings is 1. The van der Waals surface area contributed by atoms with Gasteiger partial charge in [-0.15, -0.1) is 11.3 Å². The summed E-state index contributed by atoms with van der Waals surface area (Å²) in [5.41, 5.74) is -0.642. The van der Waals surface area contributed by atoms with Gasteiger partial charge >= 0.3 is 0 Å². The molecule has 2 aromatic rings.